The van der Waals surface area contributed by atoms with Crippen LogP contribution >= 0.6 is 0 Å². The fourth-order valence-electron chi connectivity index (χ4n) is 5.49. The summed E-state index contributed by atoms with van der Waals surface area (Å²) in [6.45, 7) is 0. The average molecular weight is 722 g/mol. The Labute approximate surface area is 325 Å². The highest BCUT2D eigenvalue weighted by Crippen LogP contribution is 2.32. The summed E-state index contributed by atoms with van der Waals surface area (Å²) < 4.78 is 5.95. The van der Waals surface area contributed by atoms with Crippen molar-refractivity contribution in [3.8, 4) is 70.4 Å². The quantitative estimate of drug-likeness (QED) is 0.125. The summed E-state index contributed by atoms with van der Waals surface area (Å²) >= 11 is 0. The predicted molar refractivity (Wildman–Crippen MR) is 220 cm³/mol. The molecule has 264 valence electrons. The molecule has 0 atom stereocenters. The van der Waals surface area contributed by atoms with Crippen molar-refractivity contribution < 1.29 is 19.7 Å². The number of aromatic hydroxyl groups is 2. The number of hydrogen-bond donors (Lipinski definition) is 3. The Kier molecular flexibility index (Phi) is 11.2. The molecule has 0 aliphatic carbocycles. The molecule has 7 rings (SSSR count). The smallest absolute Gasteiger partial charge is 0.257 e. The van der Waals surface area contributed by atoms with Crippen molar-refractivity contribution in [1.29, 1.82) is 0 Å². The van der Waals surface area contributed by atoms with Gasteiger partial charge in [-0.15, -0.1) is 0 Å². The lowest BCUT2D eigenvalue weighted by atomic mass is 9.90. The molecule has 5 nitrogen and oxygen atoms in total. The molecule has 0 saturated heterocycles. The fourth-order valence-corrected chi connectivity index (χ4v) is 5.49. The minimum atomic E-state index is -0.562. The van der Waals surface area contributed by atoms with Crippen LogP contribution in [0.5, 0.6) is 23.0 Å². The second-order valence-electron chi connectivity index (χ2n) is 12.3. The third-order valence-electron chi connectivity index (χ3n) is 8.29. The highest BCUT2D eigenvalue weighted by Gasteiger charge is 2.21. The molecule has 7 aromatic carbocycles. The third kappa shape index (κ3) is 9.35. The zero-order valence-corrected chi connectivity index (χ0v) is 29.9. The summed E-state index contributed by atoms with van der Waals surface area (Å²) in [4.78, 5) is 14.6. The zero-order chi connectivity index (χ0) is 38.5. The standard InChI is InChI=1S/C51H31NO4/c53-42-26-28-43(29-27-42)56-44-30-34-50(54)49(36-44)52-51(55)48-35-41(25-21-37-13-5-1-6-14-37)45(31-22-38-15-7-2-8-16-38)46(32-23-39-17-9-3-10-18-39)47(48)33-24-40-19-11-4-12-20-40/h1-20,26-30,34-36,53-54H,(H,52,55). The van der Waals surface area contributed by atoms with Crippen LogP contribution in [-0.2, 0) is 0 Å². The van der Waals surface area contributed by atoms with Crippen LogP contribution in [0.2, 0.25) is 0 Å². The monoisotopic (exact) mass is 721 g/mol. The van der Waals surface area contributed by atoms with Gasteiger partial charge in [0.1, 0.15) is 23.0 Å². The van der Waals surface area contributed by atoms with Gasteiger partial charge in [0.2, 0.25) is 0 Å². The largest absolute Gasteiger partial charge is 0.508 e. The summed E-state index contributed by atoms with van der Waals surface area (Å²) in [6, 6.07) is 50.5. The fraction of sp³-hybridized carbons (Fsp3) is 0. The molecule has 0 aromatic heterocycles. The van der Waals surface area contributed by atoms with Crippen molar-refractivity contribution >= 4 is 11.6 Å². The maximum atomic E-state index is 14.6. The number of carbonyl (C=O) groups excluding carboxylic acids is 1. The van der Waals surface area contributed by atoms with Crippen molar-refractivity contribution in [2.45, 2.75) is 0 Å². The van der Waals surface area contributed by atoms with E-state index in [1.807, 2.05) is 121 Å². The van der Waals surface area contributed by atoms with Crippen LogP contribution in [0, 0.1) is 47.4 Å². The first-order valence-electron chi connectivity index (χ1n) is 17.6. The van der Waals surface area contributed by atoms with Gasteiger partial charge in [-0.2, -0.15) is 0 Å². The van der Waals surface area contributed by atoms with Gasteiger partial charge in [0.25, 0.3) is 5.91 Å². The highest BCUT2D eigenvalue weighted by molar-refractivity contribution is 6.08. The summed E-state index contributed by atoms with van der Waals surface area (Å²) in [5.74, 6) is 26.4. The van der Waals surface area contributed by atoms with Gasteiger partial charge in [-0.1, -0.05) is 120 Å². The van der Waals surface area contributed by atoms with Crippen LogP contribution in [-0.4, -0.2) is 16.1 Å². The van der Waals surface area contributed by atoms with Gasteiger partial charge >= 0.3 is 0 Å². The number of amides is 1. The van der Waals surface area contributed by atoms with Gasteiger partial charge in [-0.05, 0) is 91.0 Å². The van der Waals surface area contributed by atoms with Crippen molar-refractivity contribution in [2.75, 3.05) is 5.32 Å². The highest BCUT2D eigenvalue weighted by atomic mass is 16.5. The van der Waals surface area contributed by atoms with Gasteiger partial charge in [0, 0.05) is 33.9 Å². The van der Waals surface area contributed by atoms with Crippen molar-refractivity contribution in [1.82, 2.24) is 0 Å². The Morgan fingerprint density at radius 2 is 0.893 bits per heavy atom. The van der Waals surface area contributed by atoms with E-state index in [1.165, 1.54) is 24.3 Å². The molecule has 5 heteroatoms. The number of anilines is 1. The molecular weight excluding hydrogens is 691 g/mol. The lowest BCUT2D eigenvalue weighted by Crippen LogP contribution is -2.16. The number of hydrogen-bond acceptors (Lipinski definition) is 4. The van der Waals surface area contributed by atoms with E-state index in [4.69, 9.17) is 4.74 Å². The number of phenolic OH excluding ortho intramolecular Hbond substituents is 2. The SMILES string of the molecule is O=C(Nc1cc(Oc2ccc(O)cc2)ccc1O)c1cc(C#Cc2ccccc2)c(C#Cc2ccccc2)c(C#Cc2ccccc2)c1C#Cc1ccccc1. The zero-order valence-electron chi connectivity index (χ0n) is 29.9. The number of nitrogens with one attached hydrogen (secondary N) is 1. The minimum Gasteiger partial charge on any atom is -0.508 e. The Morgan fingerprint density at radius 1 is 0.446 bits per heavy atom. The van der Waals surface area contributed by atoms with E-state index in [0.29, 0.717) is 33.8 Å². The molecule has 0 radical (unpaired) electrons. The molecule has 0 fully saturated rings. The molecular formula is C51H31NO4. The van der Waals surface area contributed by atoms with E-state index in [1.54, 1.807) is 24.3 Å². The van der Waals surface area contributed by atoms with E-state index >= 15 is 0 Å². The predicted octanol–water partition coefficient (Wildman–Crippen LogP) is 9.74. The second-order valence-corrected chi connectivity index (χ2v) is 12.3. The lowest BCUT2D eigenvalue weighted by Gasteiger charge is -2.14. The normalized spacial score (nSPS) is 9.79. The molecule has 56 heavy (non-hydrogen) atoms. The summed E-state index contributed by atoms with van der Waals surface area (Å²) in [6.07, 6.45) is 0. The molecule has 0 heterocycles. The average Bonchev–Trinajstić information content (AvgIpc) is 3.24. The summed E-state index contributed by atoms with van der Waals surface area (Å²) in [7, 11) is 0. The van der Waals surface area contributed by atoms with E-state index in [2.05, 4.69) is 52.7 Å². The summed E-state index contributed by atoms with van der Waals surface area (Å²) in [5, 5.41) is 23.5. The van der Waals surface area contributed by atoms with Crippen LogP contribution in [0.1, 0.15) is 54.9 Å². The van der Waals surface area contributed by atoms with E-state index in [0.717, 1.165) is 22.3 Å². The third-order valence-corrected chi connectivity index (χ3v) is 8.29. The van der Waals surface area contributed by atoms with Crippen LogP contribution in [0.3, 0.4) is 0 Å². The second kappa shape index (κ2) is 17.4. The topological polar surface area (TPSA) is 78.8 Å². The van der Waals surface area contributed by atoms with Crippen molar-refractivity contribution in [3.63, 3.8) is 0 Å². The van der Waals surface area contributed by atoms with Crippen LogP contribution in [0.4, 0.5) is 5.69 Å². The molecule has 7 aromatic rings. The number of rotatable bonds is 4. The first-order chi connectivity index (χ1) is 27.5. The lowest BCUT2D eigenvalue weighted by molar-refractivity contribution is 0.102. The number of phenols is 2. The van der Waals surface area contributed by atoms with Gasteiger partial charge in [0.15, 0.2) is 0 Å². The molecule has 3 N–H and O–H groups in total. The maximum Gasteiger partial charge on any atom is 0.257 e. The van der Waals surface area contributed by atoms with Crippen molar-refractivity contribution in [3.05, 3.63) is 220 Å². The first kappa shape index (κ1) is 36.0. The van der Waals surface area contributed by atoms with Crippen LogP contribution in [0.25, 0.3) is 0 Å². The minimum absolute atomic E-state index is 0.0971. The van der Waals surface area contributed by atoms with Gasteiger partial charge < -0.3 is 20.3 Å². The van der Waals surface area contributed by atoms with E-state index < -0.39 is 5.91 Å². The van der Waals surface area contributed by atoms with Crippen LogP contribution < -0.4 is 10.1 Å². The Bertz CT molecular complexity index is 2770. The van der Waals surface area contributed by atoms with Crippen molar-refractivity contribution in [2.24, 2.45) is 0 Å². The molecule has 0 aliphatic rings. The molecule has 0 spiro atoms. The van der Waals surface area contributed by atoms with Gasteiger partial charge in [0.05, 0.1) is 27.9 Å². The van der Waals surface area contributed by atoms with Crippen LogP contribution in [0.15, 0.2) is 170 Å². The van der Waals surface area contributed by atoms with E-state index in [-0.39, 0.29) is 22.7 Å². The Balaban J connectivity index is 1.44. The number of benzene rings is 7. The molecule has 0 aliphatic heterocycles. The number of ether oxygens (including phenoxy) is 1. The Hall–Kier alpha value is -8.35. The Morgan fingerprint density at radius 3 is 1.41 bits per heavy atom. The number of carbonyl (C=O) groups is 1. The van der Waals surface area contributed by atoms with E-state index in [9.17, 15) is 15.0 Å². The molecule has 0 unspecified atom stereocenters. The first-order valence-corrected chi connectivity index (χ1v) is 17.6. The molecule has 0 bridgehead atoms. The summed E-state index contributed by atoms with van der Waals surface area (Å²) in [5.41, 5.74) is 5.11. The maximum absolute atomic E-state index is 14.6. The molecule has 1 amide bonds. The van der Waals surface area contributed by atoms with Gasteiger partial charge in [-0.25, -0.2) is 0 Å². The molecule has 0 saturated carbocycles. The van der Waals surface area contributed by atoms with Gasteiger partial charge in [-0.3, -0.25) is 4.79 Å².